The molecule has 0 aromatic rings. The van der Waals surface area contributed by atoms with Gasteiger partial charge in [0.2, 0.25) is 0 Å². The van der Waals surface area contributed by atoms with Crippen LogP contribution in [-0.2, 0) is 4.79 Å². The molecule has 0 aromatic heterocycles. The van der Waals surface area contributed by atoms with Gasteiger partial charge in [-0.25, -0.2) is 0 Å². The van der Waals surface area contributed by atoms with Crippen LogP contribution in [0.1, 0.15) is 6.42 Å². The fourth-order valence-electron chi connectivity index (χ4n) is 0.560. The minimum atomic E-state index is 0.337. The number of carbonyl (C=O) groups excluding carboxylic acids is 1. The molecule has 6 heteroatoms. The molecule has 0 aliphatic rings. The van der Waals surface area contributed by atoms with E-state index in [1.807, 2.05) is 0 Å². The van der Waals surface area contributed by atoms with E-state index >= 15 is 0 Å². The summed E-state index contributed by atoms with van der Waals surface area (Å²) in [5, 5.41) is 3.33. The van der Waals surface area contributed by atoms with Gasteiger partial charge in [0.25, 0.3) is 0 Å². The maximum atomic E-state index is 10.2. The van der Waals surface area contributed by atoms with E-state index in [4.69, 9.17) is 11.3 Å². The average Bonchev–Trinajstić information content (AvgIpc) is 2.17. The van der Waals surface area contributed by atoms with Gasteiger partial charge in [-0.3, -0.25) is 9.79 Å². The Hall–Kier alpha value is -1.81. The number of carbonyl (C=O) groups is 1. The molecule has 0 rings (SSSR count). The molecule has 0 spiro atoms. The first-order valence-electron chi connectivity index (χ1n) is 3.73. The molecule has 0 atom stereocenters. The lowest BCUT2D eigenvalue weighted by Gasteiger charge is -1.89. The number of allylic oxidation sites excluding steroid dienone is 1. The molecule has 0 heterocycles. The van der Waals surface area contributed by atoms with E-state index in [0.717, 1.165) is 0 Å². The SMILES string of the molecule is [N-]=[N+]=NCCCN=C/C(C=O)=C\N. The van der Waals surface area contributed by atoms with E-state index in [1.54, 1.807) is 0 Å². The molecule has 0 fully saturated rings. The lowest BCUT2D eigenvalue weighted by atomic mass is 10.3. The van der Waals surface area contributed by atoms with Crippen molar-refractivity contribution >= 4 is 12.5 Å². The summed E-state index contributed by atoms with van der Waals surface area (Å²) in [4.78, 5) is 16.7. The van der Waals surface area contributed by atoms with Crippen molar-refractivity contribution in [1.82, 2.24) is 0 Å². The van der Waals surface area contributed by atoms with Crippen molar-refractivity contribution in [2.75, 3.05) is 13.1 Å². The first-order chi connectivity index (χ1) is 6.35. The Bertz CT molecular complexity index is 252. The van der Waals surface area contributed by atoms with Gasteiger partial charge in [-0.2, -0.15) is 0 Å². The summed E-state index contributed by atoms with van der Waals surface area (Å²) in [5.41, 5.74) is 13.4. The van der Waals surface area contributed by atoms with Gasteiger partial charge in [0.15, 0.2) is 6.29 Å². The van der Waals surface area contributed by atoms with Crippen LogP contribution >= 0.6 is 0 Å². The summed E-state index contributed by atoms with van der Waals surface area (Å²) in [6.07, 6.45) is 3.86. The fraction of sp³-hybridized carbons (Fsp3) is 0.429. The number of nitrogens with zero attached hydrogens (tertiary/aromatic N) is 4. The number of hydrogen-bond acceptors (Lipinski definition) is 4. The molecule has 0 aliphatic heterocycles. The Kier molecular flexibility index (Phi) is 7.13. The van der Waals surface area contributed by atoms with Gasteiger partial charge >= 0.3 is 0 Å². The Morgan fingerprint density at radius 2 is 2.31 bits per heavy atom. The lowest BCUT2D eigenvalue weighted by molar-refractivity contribution is -0.104. The molecule has 0 aliphatic carbocycles. The van der Waals surface area contributed by atoms with E-state index < -0.39 is 0 Å². The molecule has 0 unspecified atom stereocenters. The first-order valence-corrected chi connectivity index (χ1v) is 3.73. The summed E-state index contributed by atoms with van der Waals surface area (Å²) < 4.78 is 0. The van der Waals surface area contributed by atoms with Crippen molar-refractivity contribution in [3.05, 3.63) is 22.2 Å². The Balaban J connectivity index is 3.62. The summed E-state index contributed by atoms with van der Waals surface area (Å²) in [7, 11) is 0. The van der Waals surface area contributed by atoms with Crippen molar-refractivity contribution in [2.45, 2.75) is 6.42 Å². The third kappa shape index (κ3) is 6.58. The predicted octanol–water partition coefficient (Wildman–Crippen LogP) is 0.799. The molecule has 0 amide bonds. The van der Waals surface area contributed by atoms with Crippen LogP contribution in [0.3, 0.4) is 0 Å². The zero-order chi connectivity index (χ0) is 9.94. The van der Waals surface area contributed by atoms with Crippen LogP contribution in [0.15, 0.2) is 21.9 Å². The maximum Gasteiger partial charge on any atom is 0.153 e. The standard InChI is InChI=1S/C7H11N5O/c8-4-7(6-13)5-10-2-1-3-11-12-9/h4-6H,1-3,8H2/b7-4+,10-5?. The second-order valence-corrected chi connectivity index (χ2v) is 2.13. The number of nitrogens with two attached hydrogens (primary N) is 1. The highest BCUT2D eigenvalue weighted by Crippen LogP contribution is 1.85. The summed E-state index contributed by atoms with van der Waals surface area (Å²) in [6, 6.07) is 0. The van der Waals surface area contributed by atoms with Crippen molar-refractivity contribution in [3.8, 4) is 0 Å². The molecule has 2 N–H and O–H groups in total. The number of rotatable bonds is 6. The number of hydrogen-bond donors (Lipinski definition) is 1. The molecule has 0 radical (unpaired) electrons. The van der Waals surface area contributed by atoms with E-state index in [1.165, 1.54) is 12.4 Å². The highest BCUT2D eigenvalue weighted by atomic mass is 16.1. The zero-order valence-corrected chi connectivity index (χ0v) is 7.13. The van der Waals surface area contributed by atoms with Crippen LogP contribution < -0.4 is 5.73 Å². The second-order valence-electron chi connectivity index (χ2n) is 2.13. The lowest BCUT2D eigenvalue weighted by Crippen LogP contribution is -1.93. The quantitative estimate of drug-likeness (QED) is 0.124. The molecule has 0 saturated carbocycles. The van der Waals surface area contributed by atoms with Gasteiger partial charge in [-0.15, -0.1) is 0 Å². The van der Waals surface area contributed by atoms with Gasteiger partial charge in [0, 0.05) is 36.0 Å². The molecule has 0 saturated heterocycles. The zero-order valence-electron chi connectivity index (χ0n) is 7.13. The summed E-state index contributed by atoms with van der Waals surface area (Å²) in [5.74, 6) is 0. The van der Waals surface area contributed by atoms with Crippen molar-refractivity contribution in [2.24, 2.45) is 15.8 Å². The fourth-order valence-corrected chi connectivity index (χ4v) is 0.560. The van der Waals surface area contributed by atoms with Gasteiger partial charge in [0.1, 0.15) is 0 Å². The second kappa shape index (κ2) is 8.29. The van der Waals surface area contributed by atoms with Crippen molar-refractivity contribution in [3.63, 3.8) is 0 Å². The monoisotopic (exact) mass is 181 g/mol. The highest BCUT2D eigenvalue weighted by Gasteiger charge is 1.86. The summed E-state index contributed by atoms with van der Waals surface area (Å²) in [6.45, 7) is 0.931. The normalized spacial score (nSPS) is 11.2. The van der Waals surface area contributed by atoms with Crippen molar-refractivity contribution < 1.29 is 4.79 Å². The van der Waals surface area contributed by atoms with Crippen LogP contribution in [0.25, 0.3) is 10.4 Å². The third-order valence-electron chi connectivity index (χ3n) is 1.18. The van der Waals surface area contributed by atoms with Gasteiger partial charge in [-0.1, -0.05) is 5.11 Å². The van der Waals surface area contributed by atoms with Crippen LogP contribution in [0, 0.1) is 0 Å². The van der Waals surface area contributed by atoms with Crippen LogP contribution in [0.4, 0.5) is 0 Å². The molecule has 6 nitrogen and oxygen atoms in total. The van der Waals surface area contributed by atoms with Crippen molar-refractivity contribution in [1.29, 1.82) is 0 Å². The molecule has 13 heavy (non-hydrogen) atoms. The maximum absolute atomic E-state index is 10.2. The number of azide groups is 1. The minimum absolute atomic E-state index is 0.337. The Labute approximate surface area is 75.8 Å². The largest absolute Gasteiger partial charge is 0.404 e. The molecular formula is C7H11N5O. The highest BCUT2D eigenvalue weighted by molar-refractivity contribution is 6.01. The van der Waals surface area contributed by atoms with Crippen LogP contribution in [0.5, 0.6) is 0 Å². The first kappa shape index (κ1) is 11.2. The summed E-state index contributed by atoms with van der Waals surface area (Å²) >= 11 is 0. The number of aldehydes is 1. The average molecular weight is 181 g/mol. The molecule has 0 bridgehead atoms. The van der Waals surface area contributed by atoms with Gasteiger partial charge in [-0.05, 0) is 12.0 Å². The van der Waals surface area contributed by atoms with Gasteiger partial charge in [0.05, 0.1) is 0 Å². The third-order valence-corrected chi connectivity index (χ3v) is 1.18. The van der Waals surface area contributed by atoms with E-state index in [-0.39, 0.29) is 0 Å². The smallest absolute Gasteiger partial charge is 0.153 e. The van der Waals surface area contributed by atoms with Crippen LogP contribution in [0.2, 0.25) is 0 Å². The Morgan fingerprint density at radius 1 is 1.54 bits per heavy atom. The van der Waals surface area contributed by atoms with E-state index in [9.17, 15) is 4.79 Å². The number of aliphatic imine (C=N–C) groups is 1. The molecule has 70 valence electrons. The van der Waals surface area contributed by atoms with E-state index in [2.05, 4.69) is 15.0 Å². The van der Waals surface area contributed by atoms with E-state index in [0.29, 0.717) is 31.4 Å². The molecule has 0 aromatic carbocycles. The molecular weight excluding hydrogens is 170 g/mol. The topological polar surface area (TPSA) is 104 Å². The Morgan fingerprint density at radius 3 is 2.85 bits per heavy atom. The minimum Gasteiger partial charge on any atom is -0.404 e. The van der Waals surface area contributed by atoms with Gasteiger partial charge < -0.3 is 5.73 Å². The predicted molar refractivity (Wildman–Crippen MR) is 50.3 cm³/mol. The van der Waals surface area contributed by atoms with Crippen LogP contribution in [-0.4, -0.2) is 25.6 Å².